The fourth-order valence-corrected chi connectivity index (χ4v) is 7.05. The third kappa shape index (κ3) is 5.01. The van der Waals surface area contributed by atoms with E-state index in [-0.39, 0.29) is 16.8 Å². The number of nitrogens with zero attached hydrogens (tertiary/aromatic N) is 3. The number of thiophene rings is 1. The molecule has 7 nitrogen and oxygen atoms in total. The van der Waals surface area contributed by atoms with Crippen LogP contribution in [-0.2, 0) is 14.8 Å². The Morgan fingerprint density at radius 1 is 1.12 bits per heavy atom. The summed E-state index contributed by atoms with van der Waals surface area (Å²) >= 11 is 1.73. The summed E-state index contributed by atoms with van der Waals surface area (Å²) in [4.78, 5) is 18.6. The van der Waals surface area contributed by atoms with E-state index in [9.17, 15) is 13.2 Å². The lowest BCUT2D eigenvalue weighted by atomic mass is 10.2. The Kier molecular flexibility index (Phi) is 7.19. The summed E-state index contributed by atoms with van der Waals surface area (Å²) < 4.78 is 27.9. The van der Waals surface area contributed by atoms with Gasteiger partial charge in [-0.2, -0.15) is 4.31 Å². The van der Waals surface area contributed by atoms with Crippen LogP contribution in [0.2, 0.25) is 0 Å². The first-order chi connectivity index (χ1) is 15.4. The van der Waals surface area contributed by atoms with Gasteiger partial charge in [0.2, 0.25) is 15.9 Å². The Bertz CT molecular complexity index is 1030. The maximum atomic E-state index is 13.2. The molecule has 9 heteroatoms. The van der Waals surface area contributed by atoms with Gasteiger partial charge in [-0.15, -0.1) is 11.3 Å². The summed E-state index contributed by atoms with van der Waals surface area (Å²) in [6.07, 6.45) is 4.97. The Morgan fingerprint density at radius 2 is 1.91 bits per heavy atom. The largest absolute Gasteiger partial charge is 0.376 e. The number of amides is 1. The third-order valence-electron chi connectivity index (χ3n) is 6.26. The molecule has 0 radical (unpaired) electrons. The number of hydrogen-bond donors (Lipinski definition) is 1. The van der Waals surface area contributed by atoms with Crippen molar-refractivity contribution in [2.24, 2.45) is 0 Å². The zero-order chi connectivity index (χ0) is 22.7. The lowest BCUT2D eigenvalue weighted by Crippen LogP contribution is -2.36. The van der Waals surface area contributed by atoms with Crippen LogP contribution in [0.4, 0.5) is 11.4 Å². The van der Waals surface area contributed by atoms with Crippen LogP contribution >= 0.6 is 11.3 Å². The number of piperidine rings is 1. The zero-order valence-corrected chi connectivity index (χ0v) is 20.4. The molecule has 2 aromatic rings. The predicted octanol–water partition coefficient (Wildman–Crippen LogP) is 3.76. The molecule has 32 heavy (non-hydrogen) atoms. The van der Waals surface area contributed by atoms with Gasteiger partial charge in [-0.3, -0.25) is 9.69 Å². The molecule has 0 bridgehead atoms. The number of anilines is 2. The van der Waals surface area contributed by atoms with Crippen LogP contribution in [0, 0.1) is 0 Å². The summed E-state index contributed by atoms with van der Waals surface area (Å²) in [5.74, 6) is -0.121. The molecule has 2 fully saturated rings. The predicted molar refractivity (Wildman–Crippen MR) is 130 cm³/mol. The highest BCUT2D eigenvalue weighted by molar-refractivity contribution is 7.89. The lowest BCUT2D eigenvalue weighted by Gasteiger charge is -2.27. The Balaban J connectivity index is 1.52. The molecule has 1 amide bonds. The first-order valence-electron chi connectivity index (χ1n) is 11.2. The highest BCUT2D eigenvalue weighted by atomic mass is 32.2. The van der Waals surface area contributed by atoms with Crippen LogP contribution < -0.4 is 10.2 Å². The average molecular weight is 477 g/mol. The van der Waals surface area contributed by atoms with Crippen molar-refractivity contribution in [3.63, 3.8) is 0 Å². The van der Waals surface area contributed by atoms with Gasteiger partial charge in [-0.25, -0.2) is 8.42 Å². The highest BCUT2D eigenvalue weighted by Crippen LogP contribution is 2.35. The first kappa shape index (κ1) is 23.2. The van der Waals surface area contributed by atoms with E-state index in [2.05, 4.69) is 21.7 Å². The van der Waals surface area contributed by atoms with Gasteiger partial charge in [0.25, 0.3) is 0 Å². The van der Waals surface area contributed by atoms with Crippen LogP contribution in [-0.4, -0.2) is 63.8 Å². The summed E-state index contributed by atoms with van der Waals surface area (Å²) in [6, 6.07) is 9.48. The highest BCUT2D eigenvalue weighted by Gasteiger charge is 2.29. The second-order valence-corrected chi connectivity index (χ2v) is 11.6. The van der Waals surface area contributed by atoms with Gasteiger partial charge in [0.1, 0.15) is 0 Å². The van der Waals surface area contributed by atoms with Gasteiger partial charge < -0.3 is 10.2 Å². The van der Waals surface area contributed by atoms with E-state index in [1.54, 1.807) is 33.8 Å². The van der Waals surface area contributed by atoms with Crippen LogP contribution in [0.3, 0.4) is 0 Å². The van der Waals surface area contributed by atoms with E-state index in [0.29, 0.717) is 25.3 Å². The Labute approximate surface area is 195 Å². The minimum absolute atomic E-state index is 0.121. The molecule has 3 heterocycles. The van der Waals surface area contributed by atoms with Crippen LogP contribution in [0.15, 0.2) is 40.6 Å². The van der Waals surface area contributed by atoms with Gasteiger partial charge in [-0.05, 0) is 61.9 Å². The number of sulfonamides is 1. The van der Waals surface area contributed by atoms with Gasteiger partial charge in [0.15, 0.2) is 0 Å². The molecule has 0 spiro atoms. The summed E-state index contributed by atoms with van der Waals surface area (Å²) in [7, 11) is 0.203. The van der Waals surface area contributed by atoms with E-state index in [1.807, 2.05) is 25.1 Å². The molecular weight excluding hydrogens is 444 g/mol. The smallest absolute Gasteiger partial charge is 0.243 e. The third-order valence-corrected chi connectivity index (χ3v) is 9.13. The fraction of sp³-hybridized carbons (Fsp3) is 0.522. The summed E-state index contributed by atoms with van der Waals surface area (Å²) in [5, 5.41) is 5.07. The number of carbonyl (C=O) groups excluding carboxylic acids is 1. The maximum Gasteiger partial charge on any atom is 0.243 e. The first-order valence-corrected chi connectivity index (χ1v) is 13.6. The average Bonchev–Trinajstić information content (AvgIpc) is 3.46. The number of likely N-dealkylation sites (tertiary alicyclic amines) is 1. The monoisotopic (exact) mass is 476 g/mol. The second kappa shape index (κ2) is 9.91. The van der Waals surface area contributed by atoms with Gasteiger partial charge >= 0.3 is 0 Å². The van der Waals surface area contributed by atoms with Crippen LogP contribution in [0.1, 0.15) is 43.0 Å². The number of nitrogens with one attached hydrogen (secondary N) is 1. The molecule has 0 saturated carbocycles. The van der Waals surface area contributed by atoms with Crippen molar-refractivity contribution < 1.29 is 13.2 Å². The van der Waals surface area contributed by atoms with Crippen LogP contribution in [0.25, 0.3) is 0 Å². The maximum absolute atomic E-state index is 13.2. The number of carbonyl (C=O) groups is 1. The zero-order valence-electron chi connectivity index (χ0n) is 18.8. The molecule has 0 unspecified atom stereocenters. The molecule has 1 aromatic carbocycles. The molecule has 2 aliphatic heterocycles. The van der Waals surface area contributed by atoms with Crippen molar-refractivity contribution in [1.29, 1.82) is 0 Å². The number of benzene rings is 1. The topological polar surface area (TPSA) is 73.0 Å². The number of rotatable bonds is 7. The molecule has 2 aliphatic rings. The lowest BCUT2D eigenvalue weighted by molar-refractivity contribution is -0.117. The molecule has 1 N–H and O–H groups in total. The minimum atomic E-state index is -3.57. The molecule has 1 aromatic heterocycles. The summed E-state index contributed by atoms with van der Waals surface area (Å²) in [6.45, 7) is 2.29. The van der Waals surface area contributed by atoms with Gasteiger partial charge in [0.05, 0.1) is 22.8 Å². The van der Waals surface area contributed by atoms with E-state index >= 15 is 0 Å². The molecule has 2 saturated heterocycles. The van der Waals surface area contributed by atoms with Crippen molar-refractivity contribution >= 4 is 38.6 Å². The van der Waals surface area contributed by atoms with Crippen molar-refractivity contribution in [3.05, 3.63) is 40.6 Å². The normalized spacial score (nSPS) is 20.4. The molecular formula is C23H32N4O3S2. The van der Waals surface area contributed by atoms with Crippen molar-refractivity contribution in [1.82, 2.24) is 9.21 Å². The van der Waals surface area contributed by atoms with E-state index in [0.717, 1.165) is 44.3 Å². The number of hydrogen-bond acceptors (Lipinski definition) is 6. The second-order valence-electron chi connectivity index (χ2n) is 8.73. The molecule has 1 atom stereocenters. The summed E-state index contributed by atoms with van der Waals surface area (Å²) in [5.41, 5.74) is 1.32. The van der Waals surface area contributed by atoms with E-state index in [1.165, 1.54) is 4.88 Å². The van der Waals surface area contributed by atoms with Crippen molar-refractivity contribution in [2.45, 2.75) is 43.0 Å². The van der Waals surface area contributed by atoms with E-state index < -0.39 is 10.0 Å². The van der Waals surface area contributed by atoms with Crippen molar-refractivity contribution in [3.8, 4) is 0 Å². The van der Waals surface area contributed by atoms with Crippen molar-refractivity contribution in [2.75, 3.05) is 50.5 Å². The van der Waals surface area contributed by atoms with E-state index in [4.69, 9.17) is 0 Å². The SMILES string of the molecule is CN(C)c1ccc(S(=O)(=O)N2CCCCC2)cc1NC(=O)CN1CCC[C@H]1c1cccs1. The minimum Gasteiger partial charge on any atom is -0.376 e. The quantitative estimate of drug-likeness (QED) is 0.659. The fourth-order valence-electron chi connectivity index (χ4n) is 4.61. The standard InChI is InChI=1S/C23H32N4O3S2/c1-25(2)20-11-10-18(32(29,30)27-13-4-3-5-14-27)16-19(20)24-23(28)17-26-12-6-8-21(26)22-9-7-15-31-22/h7,9-11,15-16,21H,3-6,8,12-14,17H2,1-2H3,(H,24,28)/t21-/m0/s1. The van der Waals surface area contributed by atoms with Crippen LogP contribution in [0.5, 0.6) is 0 Å². The molecule has 174 valence electrons. The molecule has 4 rings (SSSR count). The van der Waals surface area contributed by atoms with Gasteiger partial charge in [-0.1, -0.05) is 12.5 Å². The Morgan fingerprint density at radius 3 is 2.59 bits per heavy atom. The van der Waals surface area contributed by atoms with Gasteiger partial charge in [0, 0.05) is 38.1 Å². The molecule has 0 aliphatic carbocycles. The Hall–Kier alpha value is -1.94.